The van der Waals surface area contributed by atoms with Gasteiger partial charge in [-0.2, -0.15) is 0 Å². The van der Waals surface area contributed by atoms with Crippen molar-refractivity contribution in [3.05, 3.63) is 59.3 Å². The fourth-order valence-corrected chi connectivity index (χ4v) is 4.78. The molecule has 7 heteroatoms. The van der Waals surface area contributed by atoms with Crippen molar-refractivity contribution in [2.75, 3.05) is 14.2 Å². The zero-order chi connectivity index (χ0) is 19.6. The molecule has 2 atom stereocenters. The van der Waals surface area contributed by atoms with Crippen molar-refractivity contribution in [3.8, 4) is 11.5 Å². The molecule has 0 aliphatic carbocycles. The molecule has 0 spiro atoms. The summed E-state index contributed by atoms with van der Waals surface area (Å²) in [6, 6.07) is 12.7. The SMILES string of the molecule is COc1cccc([C@@H]2c3[nH]c4ccccc4c3C[C@H]3C(=O)N(C)C(=S)N23)c1O. The van der Waals surface area contributed by atoms with Gasteiger partial charge in [-0.15, -0.1) is 0 Å². The minimum Gasteiger partial charge on any atom is -0.504 e. The topological polar surface area (TPSA) is 68.8 Å². The van der Waals surface area contributed by atoms with Gasteiger partial charge in [0.25, 0.3) is 5.91 Å². The fourth-order valence-electron chi connectivity index (χ4n) is 4.46. The number of aromatic hydroxyl groups is 1. The molecule has 2 aromatic carbocycles. The van der Waals surface area contributed by atoms with E-state index in [2.05, 4.69) is 11.1 Å². The number of H-pyrrole nitrogens is 1. The maximum Gasteiger partial charge on any atom is 0.251 e. The van der Waals surface area contributed by atoms with Crippen molar-refractivity contribution in [1.82, 2.24) is 14.8 Å². The summed E-state index contributed by atoms with van der Waals surface area (Å²) in [5.74, 6) is 0.431. The number of methoxy groups -OCH3 is 1. The Hall–Kier alpha value is -3.06. The summed E-state index contributed by atoms with van der Waals surface area (Å²) in [6.45, 7) is 0. The number of thiocarbonyl (C=S) groups is 1. The number of fused-ring (bicyclic) bond motifs is 4. The van der Waals surface area contributed by atoms with Crippen molar-refractivity contribution in [2.24, 2.45) is 0 Å². The minimum atomic E-state index is -0.405. The van der Waals surface area contributed by atoms with Crippen LogP contribution in [0.1, 0.15) is 22.9 Å². The Morgan fingerprint density at radius 3 is 2.79 bits per heavy atom. The van der Waals surface area contributed by atoms with Gasteiger partial charge in [-0.3, -0.25) is 9.69 Å². The maximum atomic E-state index is 12.9. The number of rotatable bonds is 2. The first-order valence-corrected chi connectivity index (χ1v) is 9.49. The Labute approximate surface area is 167 Å². The summed E-state index contributed by atoms with van der Waals surface area (Å²) in [5.41, 5.74) is 3.71. The molecule has 0 saturated carbocycles. The highest BCUT2D eigenvalue weighted by Crippen LogP contribution is 2.47. The monoisotopic (exact) mass is 393 g/mol. The van der Waals surface area contributed by atoms with Gasteiger partial charge in [-0.25, -0.2) is 0 Å². The molecule has 142 valence electrons. The van der Waals surface area contributed by atoms with Crippen molar-refractivity contribution < 1.29 is 14.6 Å². The molecule has 1 amide bonds. The molecule has 0 radical (unpaired) electrons. The Balaban J connectivity index is 1.80. The summed E-state index contributed by atoms with van der Waals surface area (Å²) in [7, 11) is 3.23. The van der Waals surface area contributed by atoms with E-state index in [1.807, 2.05) is 35.2 Å². The average Bonchev–Trinajstić information content (AvgIpc) is 3.18. The predicted molar refractivity (Wildman–Crippen MR) is 109 cm³/mol. The number of phenolic OH excluding ortho intramolecular Hbond substituents is 1. The van der Waals surface area contributed by atoms with Gasteiger partial charge in [0.1, 0.15) is 12.1 Å². The molecule has 1 saturated heterocycles. The number of carbonyl (C=O) groups is 1. The second-order valence-corrected chi connectivity index (χ2v) is 7.54. The number of aromatic nitrogens is 1. The van der Waals surface area contributed by atoms with Gasteiger partial charge >= 0.3 is 0 Å². The third-order valence-corrected chi connectivity index (χ3v) is 6.28. The van der Waals surface area contributed by atoms with Gasteiger partial charge in [0.15, 0.2) is 16.6 Å². The van der Waals surface area contributed by atoms with Gasteiger partial charge in [-0.05, 0) is 29.9 Å². The smallest absolute Gasteiger partial charge is 0.251 e. The third-order valence-electron chi connectivity index (χ3n) is 5.80. The van der Waals surface area contributed by atoms with Crippen LogP contribution >= 0.6 is 12.2 Å². The average molecular weight is 393 g/mol. The second kappa shape index (κ2) is 5.97. The normalized spacial score (nSPS) is 21.2. The highest BCUT2D eigenvalue weighted by atomic mass is 32.1. The number of hydrogen-bond donors (Lipinski definition) is 2. The van der Waals surface area contributed by atoms with Crippen molar-refractivity contribution in [1.29, 1.82) is 0 Å². The summed E-state index contributed by atoms with van der Waals surface area (Å²) in [6.07, 6.45) is 0.573. The number of amides is 1. The Morgan fingerprint density at radius 1 is 1.21 bits per heavy atom. The van der Waals surface area contributed by atoms with Crippen LogP contribution < -0.4 is 4.74 Å². The van der Waals surface area contributed by atoms with Crippen LogP contribution in [-0.4, -0.2) is 51.1 Å². The van der Waals surface area contributed by atoms with Crippen LogP contribution in [0.15, 0.2) is 42.5 Å². The lowest BCUT2D eigenvalue weighted by Gasteiger charge is -2.37. The summed E-state index contributed by atoms with van der Waals surface area (Å²) in [4.78, 5) is 19.9. The first-order valence-electron chi connectivity index (χ1n) is 9.08. The van der Waals surface area contributed by atoms with E-state index in [1.165, 1.54) is 12.0 Å². The molecular weight excluding hydrogens is 374 g/mol. The van der Waals surface area contributed by atoms with Crippen molar-refractivity contribution in [2.45, 2.75) is 18.5 Å². The number of benzene rings is 2. The number of phenols is 1. The lowest BCUT2D eigenvalue weighted by atomic mass is 9.88. The molecule has 6 nitrogen and oxygen atoms in total. The third kappa shape index (κ3) is 2.13. The van der Waals surface area contributed by atoms with E-state index in [0.29, 0.717) is 22.8 Å². The van der Waals surface area contributed by atoms with E-state index in [1.54, 1.807) is 13.1 Å². The van der Waals surface area contributed by atoms with E-state index in [9.17, 15) is 9.90 Å². The first kappa shape index (κ1) is 17.1. The van der Waals surface area contributed by atoms with Crippen LogP contribution in [0.4, 0.5) is 0 Å². The van der Waals surface area contributed by atoms with Gasteiger partial charge in [0.2, 0.25) is 0 Å². The largest absolute Gasteiger partial charge is 0.504 e. The number of hydrogen-bond acceptors (Lipinski definition) is 4. The van der Waals surface area contributed by atoms with Crippen LogP contribution in [0, 0.1) is 0 Å². The van der Waals surface area contributed by atoms with E-state index in [4.69, 9.17) is 17.0 Å². The Morgan fingerprint density at radius 2 is 2.00 bits per heavy atom. The lowest BCUT2D eigenvalue weighted by molar-refractivity contribution is -0.127. The summed E-state index contributed by atoms with van der Waals surface area (Å²) < 4.78 is 5.31. The Bertz CT molecular complexity index is 1140. The molecular formula is C21H19N3O3S. The molecule has 3 aromatic rings. The van der Waals surface area contributed by atoms with Gasteiger partial charge in [0, 0.05) is 35.6 Å². The number of para-hydroxylation sites is 2. The first-order chi connectivity index (χ1) is 13.5. The van der Waals surface area contributed by atoms with Crippen molar-refractivity contribution in [3.63, 3.8) is 0 Å². The number of aromatic amines is 1. The predicted octanol–water partition coefficient (Wildman–Crippen LogP) is 2.96. The summed E-state index contributed by atoms with van der Waals surface area (Å²) >= 11 is 5.61. The molecule has 0 unspecified atom stereocenters. The molecule has 0 bridgehead atoms. The lowest BCUT2D eigenvalue weighted by Crippen LogP contribution is -2.44. The van der Waals surface area contributed by atoms with Crippen LogP contribution in [0.25, 0.3) is 10.9 Å². The van der Waals surface area contributed by atoms with Gasteiger partial charge < -0.3 is 19.7 Å². The highest BCUT2D eigenvalue weighted by Gasteiger charge is 2.49. The van der Waals surface area contributed by atoms with Crippen molar-refractivity contribution >= 4 is 34.1 Å². The number of nitrogens with one attached hydrogen (secondary N) is 1. The molecule has 2 N–H and O–H groups in total. The molecule has 5 rings (SSSR count). The Kier molecular flexibility index (Phi) is 3.64. The van der Waals surface area contributed by atoms with Crippen LogP contribution in [0.5, 0.6) is 11.5 Å². The van der Waals surface area contributed by atoms with Crippen LogP contribution in [0.3, 0.4) is 0 Å². The highest BCUT2D eigenvalue weighted by molar-refractivity contribution is 7.80. The zero-order valence-corrected chi connectivity index (χ0v) is 16.3. The minimum absolute atomic E-state index is 0.0201. The molecule has 1 fully saturated rings. The molecule has 2 aliphatic heterocycles. The molecule has 2 aliphatic rings. The zero-order valence-electron chi connectivity index (χ0n) is 15.5. The number of ether oxygens (including phenoxy) is 1. The molecule has 3 heterocycles. The van der Waals surface area contributed by atoms with Crippen LogP contribution in [0.2, 0.25) is 0 Å². The molecule has 1 aromatic heterocycles. The van der Waals surface area contributed by atoms with E-state index in [-0.39, 0.29) is 17.7 Å². The van der Waals surface area contributed by atoms with E-state index in [0.717, 1.165) is 22.2 Å². The standard InChI is InChI=1S/C21H19N3O3S/c1-23-20(26)15-10-13-11-6-3-4-8-14(11)22-17(13)18(24(15)21(23)28)12-7-5-9-16(27-2)19(12)25/h3-9,15,18,22,25H,10H2,1-2H3/t15-,18+/m0/s1. The molecule has 28 heavy (non-hydrogen) atoms. The maximum absolute atomic E-state index is 12.9. The fraction of sp³-hybridized carbons (Fsp3) is 0.238. The summed E-state index contributed by atoms with van der Waals surface area (Å²) in [5, 5.41) is 12.4. The van der Waals surface area contributed by atoms with Gasteiger partial charge in [-0.1, -0.05) is 30.3 Å². The number of carbonyl (C=O) groups excluding carboxylic acids is 1. The number of nitrogens with zero attached hydrogens (tertiary/aromatic N) is 2. The van der Waals surface area contributed by atoms with E-state index >= 15 is 0 Å². The number of likely N-dealkylation sites (N-methyl/N-ethyl adjacent to an activating group) is 1. The van der Waals surface area contributed by atoms with Gasteiger partial charge in [0.05, 0.1) is 7.11 Å². The van der Waals surface area contributed by atoms with Crippen LogP contribution in [-0.2, 0) is 11.2 Å². The quantitative estimate of drug-likeness (QED) is 0.655. The van der Waals surface area contributed by atoms with E-state index < -0.39 is 6.04 Å². The second-order valence-electron chi connectivity index (χ2n) is 7.17.